The number of carbonyl (C=O) groups is 2. The molecule has 36 heavy (non-hydrogen) atoms. The summed E-state index contributed by atoms with van der Waals surface area (Å²) < 4.78 is 27.1. The number of hydrogen-bond donors (Lipinski definition) is 2. The van der Waals surface area contributed by atoms with E-state index in [2.05, 4.69) is 15.6 Å². The van der Waals surface area contributed by atoms with E-state index in [1.807, 2.05) is 0 Å². The smallest absolute Gasteiger partial charge is 0.322 e. The SMILES string of the molecule is O=C(Nc1ccc(S(=O)(=O)C(CCn2nnc3ccccc3c2=O)C(=O)O)cc1)c1ccc(Cl)cc1. The summed E-state index contributed by atoms with van der Waals surface area (Å²) in [6.45, 7) is -0.262. The number of amides is 1. The van der Waals surface area contributed by atoms with Crippen molar-refractivity contribution in [2.24, 2.45) is 0 Å². The van der Waals surface area contributed by atoms with Gasteiger partial charge in [0, 0.05) is 22.8 Å². The molecular formula is C24H19ClN4O6S. The van der Waals surface area contributed by atoms with Gasteiger partial charge in [0.05, 0.1) is 10.3 Å². The van der Waals surface area contributed by atoms with Gasteiger partial charge in [0.25, 0.3) is 11.5 Å². The van der Waals surface area contributed by atoms with Crippen LogP contribution in [0.15, 0.2) is 82.5 Å². The lowest BCUT2D eigenvalue weighted by Crippen LogP contribution is -2.34. The van der Waals surface area contributed by atoms with Crippen LogP contribution >= 0.6 is 11.6 Å². The molecule has 0 aliphatic rings. The summed E-state index contributed by atoms with van der Waals surface area (Å²) >= 11 is 5.82. The molecule has 1 heterocycles. The molecule has 1 amide bonds. The number of hydrogen-bond acceptors (Lipinski definition) is 7. The Morgan fingerprint density at radius 3 is 2.33 bits per heavy atom. The summed E-state index contributed by atoms with van der Waals surface area (Å²) in [6.07, 6.45) is -0.403. The first kappa shape index (κ1) is 25.0. The molecule has 4 aromatic rings. The van der Waals surface area contributed by atoms with E-state index in [1.54, 1.807) is 48.5 Å². The van der Waals surface area contributed by atoms with Gasteiger partial charge < -0.3 is 10.4 Å². The van der Waals surface area contributed by atoms with E-state index < -0.39 is 38.9 Å². The molecule has 1 unspecified atom stereocenters. The summed E-state index contributed by atoms with van der Waals surface area (Å²) in [4.78, 5) is 36.6. The molecule has 1 atom stereocenters. The second kappa shape index (κ2) is 10.3. The largest absolute Gasteiger partial charge is 0.480 e. The molecule has 184 valence electrons. The van der Waals surface area contributed by atoms with Crippen molar-refractivity contribution in [1.82, 2.24) is 15.0 Å². The minimum Gasteiger partial charge on any atom is -0.480 e. The molecule has 0 saturated carbocycles. The lowest BCUT2D eigenvalue weighted by Gasteiger charge is -2.14. The molecule has 10 nitrogen and oxygen atoms in total. The van der Waals surface area contributed by atoms with Crippen LogP contribution in [0.2, 0.25) is 5.02 Å². The van der Waals surface area contributed by atoms with Crippen LogP contribution in [0, 0.1) is 0 Å². The number of carbonyl (C=O) groups excluding carboxylic acids is 1. The number of carboxylic acid groups (broad SMARTS) is 1. The second-order valence-electron chi connectivity index (χ2n) is 7.78. The topological polar surface area (TPSA) is 148 Å². The predicted molar refractivity (Wildman–Crippen MR) is 133 cm³/mol. The van der Waals surface area contributed by atoms with Crippen molar-refractivity contribution >= 4 is 49.9 Å². The normalized spacial score (nSPS) is 12.2. The summed E-state index contributed by atoms with van der Waals surface area (Å²) in [5.74, 6) is -1.98. The summed E-state index contributed by atoms with van der Waals surface area (Å²) in [7, 11) is -4.32. The highest BCUT2D eigenvalue weighted by Crippen LogP contribution is 2.22. The third-order valence-electron chi connectivity index (χ3n) is 5.43. The number of aliphatic carboxylic acids is 1. The van der Waals surface area contributed by atoms with Crippen LogP contribution < -0.4 is 10.9 Å². The van der Waals surface area contributed by atoms with E-state index in [-0.39, 0.29) is 11.4 Å². The van der Waals surface area contributed by atoms with E-state index in [1.165, 1.54) is 24.3 Å². The molecular weight excluding hydrogens is 508 g/mol. The van der Waals surface area contributed by atoms with Gasteiger partial charge in [0.2, 0.25) is 0 Å². The maximum atomic E-state index is 13.1. The first-order valence-corrected chi connectivity index (χ1v) is 12.6. The van der Waals surface area contributed by atoms with Crippen LogP contribution in [0.5, 0.6) is 0 Å². The zero-order chi connectivity index (χ0) is 25.9. The van der Waals surface area contributed by atoms with E-state index in [0.29, 0.717) is 27.2 Å². The summed E-state index contributed by atoms with van der Waals surface area (Å²) in [5, 5.41) is 18.9. The fraction of sp³-hybridized carbons (Fsp3) is 0.125. The van der Waals surface area contributed by atoms with E-state index >= 15 is 0 Å². The molecule has 3 aromatic carbocycles. The van der Waals surface area contributed by atoms with Gasteiger partial charge in [-0.1, -0.05) is 28.9 Å². The predicted octanol–water partition coefficient (Wildman–Crippen LogP) is 3.01. The molecule has 0 aliphatic heterocycles. The maximum absolute atomic E-state index is 13.1. The van der Waals surface area contributed by atoms with Gasteiger partial charge in [-0.3, -0.25) is 14.4 Å². The number of nitrogens with one attached hydrogen (secondary N) is 1. The van der Waals surface area contributed by atoms with Crippen LogP contribution in [0.3, 0.4) is 0 Å². The number of aromatic nitrogens is 3. The highest BCUT2D eigenvalue weighted by molar-refractivity contribution is 7.92. The van der Waals surface area contributed by atoms with Gasteiger partial charge in [-0.2, -0.15) is 0 Å². The van der Waals surface area contributed by atoms with Gasteiger partial charge in [-0.25, -0.2) is 13.1 Å². The number of rotatable bonds is 8. The molecule has 2 N–H and O–H groups in total. The molecule has 1 aromatic heterocycles. The number of carboxylic acids is 1. The molecule has 12 heteroatoms. The highest BCUT2D eigenvalue weighted by atomic mass is 35.5. The van der Waals surface area contributed by atoms with Crippen LogP contribution in [-0.4, -0.2) is 45.6 Å². The van der Waals surface area contributed by atoms with Crippen molar-refractivity contribution in [3.05, 3.63) is 93.7 Å². The van der Waals surface area contributed by atoms with Crippen molar-refractivity contribution in [3.8, 4) is 0 Å². The van der Waals surface area contributed by atoms with Crippen LogP contribution in [0.1, 0.15) is 16.8 Å². The van der Waals surface area contributed by atoms with E-state index in [0.717, 1.165) is 4.68 Å². The number of benzene rings is 3. The number of sulfone groups is 1. The molecule has 0 spiro atoms. The number of fused-ring (bicyclic) bond motifs is 1. The van der Waals surface area contributed by atoms with E-state index in [9.17, 15) is 27.9 Å². The molecule has 4 rings (SSSR count). The van der Waals surface area contributed by atoms with Gasteiger partial charge in [0.1, 0.15) is 5.52 Å². The van der Waals surface area contributed by atoms with Crippen molar-refractivity contribution in [3.63, 3.8) is 0 Å². The van der Waals surface area contributed by atoms with Crippen molar-refractivity contribution < 1.29 is 23.1 Å². The Morgan fingerprint density at radius 2 is 1.67 bits per heavy atom. The summed E-state index contributed by atoms with van der Waals surface area (Å²) in [6, 6.07) is 17.9. The Kier molecular flexibility index (Phi) is 7.13. The average Bonchev–Trinajstić information content (AvgIpc) is 2.86. The molecule has 0 aliphatic carbocycles. The first-order chi connectivity index (χ1) is 17.2. The van der Waals surface area contributed by atoms with Gasteiger partial charge in [-0.15, -0.1) is 5.10 Å². The summed E-state index contributed by atoms with van der Waals surface area (Å²) in [5.41, 5.74) is 0.556. The fourth-order valence-corrected chi connectivity index (χ4v) is 5.17. The Morgan fingerprint density at radius 1 is 1.00 bits per heavy atom. The van der Waals surface area contributed by atoms with Crippen LogP contribution in [-0.2, 0) is 21.2 Å². The Bertz CT molecular complexity index is 1600. The fourth-order valence-electron chi connectivity index (χ4n) is 3.52. The van der Waals surface area contributed by atoms with Gasteiger partial charge >= 0.3 is 5.97 Å². The third kappa shape index (κ3) is 5.26. The molecule has 0 saturated heterocycles. The third-order valence-corrected chi connectivity index (χ3v) is 7.80. The molecule has 0 radical (unpaired) electrons. The zero-order valence-electron chi connectivity index (χ0n) is 18.5. The van der Waals surface area contributed by atoms with Gasteiger partial charge in [-0.05, 0) is 67.1 Å². The van der Waals surface area contributed by atoms with Crippen molar-refractivity contribution in [2.45, 2.75) is 23.1 Å². The monoisotopic (exact) mass is 526 g/mol. The lowest BCUT2D eigenvalue weighted by atomic mass is 10.2. The van der Waals surface area contributed by atoms with Crippen LogP contribution in [0.25, 0.3) is 10.9 Å². The standard InChI is InChI=1S/C24H19ClN4O6S/c25-16-7-5-15(6-8-16)22(30)26-17-9-11-18(12-10-17)36(34,35)21(24(32)33)13-14-29-23(31)19-3-1-2-4-20(19)27-28-29/h1-12,21H,13-14H2,(H,26,30)(H,32,33). The second-order valence-corrected chi connectivity index (χ2v) is 10.3. The average molecular weight is 527 g/mol. The van der Waals surface area contributed by atoms with Crippen molar-refractivity contribution in [1.29, 1.82) is 0 Å². The molecule has 0 fully saturated rings. The number of nitrogens with zero attached hydrogens (tertiary/aromatic N) is 3. The Labute approximate surface area is 210 Å². The van der Waals surface area contributed by atoms with Gasteiger partial charge in [0.15, 0.2) is 15.1 Å². The highest BCUT2D eigenvalue weighted by Gasteiger charge is 2.34. The quantitative estimate of drug-likeness (QED) is 0.356. The molecule has 0 bridgehead atoms. The van der Waals surface area contributed by atoms with Crippen molar-refractivity contribution in [2.75, 3.05) is 5.32 Å². The lowest BCUT2D eigenvalue weighted by molar-refractivity contribution is -0.136. The Hall–Kier alpha value is -4.09. The minimum absolute atomic E-state index is 0.240. The maximum Gasteiger partial charge on any atom is 0.322 e. The van der Waals surface area contributed by atoms with E-state index in [4.69, 9.17) is 11.6 Å². The first-order valence-electron chi connectivity index (χ1n) is 10.6. The number of anilines is 1. The zero-order valence-corrected chi connectivity index (χ0v) is 20.1. The van der Waals surface area contributed by atoms with Crippen LogP contribution in [0.4, 0.5) is 5.69 Å². The Balaban J connectivity index is 1.50. The number of halogens is 1. The number of aryl methyl sites for hydroxylation is 1. The minimum atomic E-state index is -4.32.